The number of fused-ring (bicyclic) bond motifs is 1. The fourth-order valence-corrected chi connectivity index (χ4v) is 2.40. The van der Waals surface area contributed by atoms with Gasteiger partial charge in [0.15, 0.2) is 5.65 Å². The zero-order valence-corrected chi connectivity index (χ0v) is 13.5. The number of aromatic carboxylic acids is 1. The third kappa shape index (κ3) is 3.10. The maximum atomic E-state index is 14.4. The lowest BCUT2D eigenvalue weighted by atomic mass is 10.1. The van der Waals surface area contributed by atoms with Gasteiger partial charge in [-0.1, -0.05) is 19.4 Å². The summed E-state index contributed by atoms with van der Waals surface area (Å²) in [6.07, 6.45) is 3.10. The molecule has 8 heteroatoms. The van der Waals surface area contributed by atoms with Crippen molar-refractivity contribution in [2.24, 2.45) is 0 Å². The number of ether oxygens (including phenoxy) is 1. The molecule has 7 nitrogen and oxygen atoms in total. The molecule has 3 rings (SSSR count). The van der Waals surface area contributed by atoms with Crippen LogP contribution in [0.25, 0.3) is 11.3 Å². The molecule has 0 saturated carbocycles. The van der Waals surface area contributed by atoms with Gasteiger partial charge >= 0.3 is 11.7 Å². The molecular weight excluding hydrogens is 329 g/mol. The van der Waals surface area contributed by atoms with Crippen LogP contribution >= 0.6 is 0 Å². The van der Waals surface area contributed by atoms with Gasteiger partial charge in [0, 0.05) is 12.3 Å². The van der Waals surface area contributed by atoms with E-state index in [-0.39, 0.29) is 17.0 Å². The number of benzene rings is 1. The largest absolute Gasteiger partial charge is 0.493 e. The van der Waals surface area contributed by atoms with E-state index < -0.39 is 17.5 Å². The van der Waals surface area contributed by atoms with Crippen molar-refractivity contribution >= 4 is 11.6 Å². The van der Waals surface area contributed by atoms with E-state index in [2.05, 4.69) is 5.10 Å². The number of pyridine rings is 1. The minimum Gasteiger partial charge on any atom is -0.493 e. The fraction of sp³-hybridized carbons (Fsp3) is 0.235. The van der Waals surface area contributed by atoms with Crippen molar-refractivity contribution in [3.8, 4) is 11.4 Å². The van der Waals surface area contributed by atoms with E-state index in [1.54, 1.807) is 18.2 Å². The van der Waals surface area contributed by atoms with E-state index in [0.29, 0.717) is 12.3 Å². The Morgan fingerprint density at radius 1 is 1.36 bits per heavy atom. The lowest BCUT2D eigenvalue weighted by Gasteiger charge is -2.11. The average Bonchev–Trinajstić information content (AvgIpc) is 2.93. The maximum absolute atomic E-state index is 14.4. The number of nitrogens with zero attached hydrogens (tertiary/aromatic N) is 3. The van der Waals surface area contributed by atoms with Gasteiger partial charge in [0.05, 0.1) is 6.61 Å². The SMILES string of the molecule is CCCCOc1cc(-n2nc3ccccn3c2=O)c(F)cc1C(=O)O. The monoisotopic (exact) mass is 345 g/mol. The van der Waals surface area contributed by atoms with Crippen molar-refractivity contribution in [2.45, 2.75) is 19.8 Å². The molecule has 1 aromatic carbocycles. The smallest absolute Gasteiger partial charge is 0.355 e. The summed E-state index contributed by atoms with van der Waals surface area (Å²) in [4.78, 5) is 23.7. The summed E-state index contributed by atoms with van der Waals surface area (Å²) in [6, 6.07) is 7.01. The lowest BCUT2D eigenvalue weighted by molar-refractivity contribution is 0.0691. The van der Waals surface area contributed by atoms with Gasteiger partial charge in [0.25, 0.3) is 0 Å². The highest BCUT2D eigenvalue weighted by Gasteiger charge is 2.20. The number of hydrogen-bond donors (Lipinski definition) is 1. The quantitative estimate of drug-likeness (QED) is 0.694. The van der Waals surface area contributed by atoms with Gasteiger partial charge in [-0.3, -0.25) is 0 Å². The number of rotatable bonds is 6. The van der Waals surface area contributed by atoms with Crippen LogP contribution in [0.1, 0.15) is 30.1 Å². The molecule has 0 saturated heterocycles. The molecule has 0 fully saturated rings. The number of unbranched alkanes of at least 4 members (excludes halogenated alkanes) is 1. The van der Waals surface area contributed by atoms with Crippen LogP contribution in [-0.4, -0.2) is 31.9 Å². The molecule has 0 bridgehead atoms. The highest BCUT2D eigenvalue weighted by Crippen LogP contribution is 2.25. The Balaban J connectivity index is 2.14. The lowest BCUT2D eigenvalue weighted by Crippen LogP contribution is -2.21. The number of halogens is 1. The first kappa shape index (κ1) is 16.7. The zero-order chi connectivity index (χ0) is 18.0. The first-order valence-electron chi connectivity index (χ1n) is 7.79. The second kappa shape index (κ2) is 6.76. The van der Waals surface area contributed by atoms with Crippen molar-refractivity contribution in [3.05, 3.63) is 58.4 Å². The minimum atomic E-state index is -1.31. The van der Waals surface area contributed by atoms with Gasteiger partial charge in [-0.05, 0) is 24.6 Å². The predicted molar refractivity (Wildman–Crippen MR) is 88.1 cm³/mol. The van der Waals surface area contributed by atoms with Gasteiger partial charge in [-0.25, -0.2) is 18.4 Å². The molecule has 0 spiro atoms. The van der Waals surface area contributed by atoms with Crippen LogP contribution in [0.3, 0.4) is 0 Å². The van der Waals surface area contributed by atoms with Crippen LogP contribution in [0.5, 0.6) is 5.75 Å². The highest BCUT2D eigenvalue weighted by molar-refractivity contribution is 5.91. The summed E-state index contributed by atoms with van der Waals surface area (Å²) in [6.45, 7) is 2.26. The average molecular weight is 345 g/mol. The Kier molecular flexibility index (Phi) is 4.51. The summed E-state index contributed by atoms with van der Waals surface area (Å²) < 4.78 is 22.1. The molecule has 0 aliphatic carbocycles. The molecule has 3 aromatic rings. The molecule has 0 aliphatic rings. The first-order chi connectivity index (χ1) is 12.0. The number of carboxylic acids is 1. The molecular formula is C17H16FN3O4. The van der Waals surface area contributed by atoms with E-state index in [4.69, 9.17) is 4.74 Å². The van der Waals surface area contributed by atoms with E-state index in [0.717, 1.165) is 23.6 Å². The Hall–Kier alpha value is -3.16. The number of carboxylic acid groups (broad SMARTS) is 1. The van der Waals surface area contributed by atoms with Crippen LogP contribution in [0.2, 0.25) is 0 Å². The number of carbonyl (C=O) groups is 1. The Morgan fingerprint density at radius 3 is 2.84 bits per heavy atom. The molecule has 130 valence electrons. The van der Waals surface area contributed by atoms with Crippen LogP contribution in [0, 0.1) is 5.82 Å². The topological polar surface area (TPSA) is 85.8 Å². The third-order valence-electron chi connectivity index (χ3n) is 3.69. The highest BCUT2D eigenvalue weighted by atomic mass is 19.1. The van der Waals surface area contributed by atoms with Crippen LogP contribution in [-0.2, 0) is 0 Å². The van der Waals surface area contributed by atoms with Gasteiger partial charge in [0.1, 0.15) is 22.8 Å². The molecule has 0 radical (unpaired) electrons. The molecule has 0 unspecified atom stereocenters. The summed E-state index contributed by atoms with van der Waals surface area (Å²) >= 11 is 0. The van der Waals surface area contributed by atoms with E-state index >= 15 is 0 Å². The van der Waals surface area contributed by atoms with Crippen molar-refractivity contribution in [1.29, 1.82) is 0 Å². The fourth-order valence-electron chi connectivity index (χ4n) is 2.40. The molecule has 2 heterocycles. The standard InChI is InChI=1S/C17H16FN3O4/c1-2-3-8-25-14-10-13(12(18)9-11(14)16(22)23)21-17(24)20-7-5-4-6-15(20)19-21/h4-7,9-10H,2-3,8H2,1H3,(H,22,23). The Morgan fingerprint density at radius 2 is 2.16 bits per heavy atom. The van der Waals surface area contributed by atoms with Crippen LogP contribution in [0.15, 0.2) is 41.3 Å². The van der Waals surface area contributed by atoms with E-state index in [9.17, 15) is 19.1 Å². The Bertz CT molecular complexity index is 993. The van der Waals surface area contributed by atoms with Crippen molar-refractivity contribution in [3.63, 3.8) is 0 Å². The molecule has 0 atom stereocenters. The van der Waals surface area contributed by atoms with E-state index in [1.807, 2.05) is 6.92 Å². The predicted octanol–water partition coefficient (Wildman–Crippen LogP) is 2.50. The number of aromatic nitrogens is 3. The molecule has 1 N–H and O–H groups in total. The summed E-state index contributed by atoms with van der Waals surface area (Å²) in [7, 11) is 0. The first-order valence-corrected chi connectivity index (χ1v) is 7.79. The van der Waals surface area contributed by atoms with Crippen LogP contribution in [0.4, 0.5) is 4.39 Å². The molecule has 0 amide bonds. The second-order valence-corrected chi connectivity index (χ2v) is 5.43. The van der Waals surface area contributed by atoms with Gasteiger partial charge < -0.3 is 9.84 Å². The van der Waals surface area contributed by atoms with Gasteiger partial charge in [0.2, 0.25) is 0 Å². The second-order valence-electron chi connectivity index (χ2n) is 5.43. The van der Waals surface area contributed by atoms with Crippen molar-refractivity contribution in [2.75, 3.05) is 6.61 Å². The summed E-state index contributed by atoms with van der Waals surface area (Å²) in [5, 5.41) is 13.3. The normalized spacial score (nSPS) is 11.0. The molecule has 2 aromatic heterocycles. The minimum absolute atomic E-state index is 0.00121. The summed E-state index contributed by atoms with van der Waals surface area (Å²) in [5.74, 6) is -2.17. The van der Waals surface area contributed by atoms with Gasteiger partial charge in [-0.2, -0.15) is 4.68 Å². The zero-order valence-electron chi connectivity index (χ0n) is 13.5. The summed E-state index contributed by atoms with van der Waals surface area (Å²) in [5.41, 5.74) is -0.667. The van der Waals surface area contributed by atoms with E-state index in [1.165, 1.54) is 16.7 Å². The molecule has 0 aliphatic heterocycles. The van der Waals surface area contributed by atoms with Crippen molar-refractivity contribution < 1.29 is 19.0 Å². The Labute approximate surface area is 141 Å². The van der Waals surface area contributed by atoms with Crippen molar-refractivity contribution in [1.82, 2.24) is 14.2 Å². The molecule has 25 heavy (non-hydrogen) atoms. The third-order valence-corrected chi connectivity index (χ3v) is 3.69. The van der Waals surface area contributed by atoms with Gasteiger partial charge in [-0.15, -0.1) is 5.10 Å². The maximum Gasteiger partial charge on any atom is 0.355 e. The number of hydrogen-bond acceptors (Lipinski definition) is 4. The van der Waals surface area contributed by atoms with Crippen LogP contribution < -0.4 is 10.4 Å².